The Hall–Kier alpha value is -1.14. The fraction of sp³-hybridized carbons (Fsp3) is 0.778. The van der Waals surface area contributed by atoms with Crippen molar-refractivity contribution in [2.75, 3.05) is 39.3 Å². The molecule has 1 fully saturated rings. The Balaban J connectivity index is 2.27. The first-order chi connectivity index (χ1) is 7.29. The van der Waals surface area contributed by atoms with Gasteiger partial charge < -0.3 is 21.3 Å². The van der Waals surface area contributed by atoms with Gasteiger partial charge in [-0.15, -0.1) is 0 Å². The van der Waals surface area contributed by atoms with Crippen LogP contribution in [0.15, 0.2) is 0 Å². The van der Waals surface area contributed by atoms with Crippen molar-refractivity contribution < 1.29 is 9.59 Å². The molecule has 0 radical (unpaired) electrons. The lowest BCUT2D eigenvalue weighted by Gasteiger charge is -2.06. The molecule has 2 amide bonds. The Bertz CT molecular complexity index is 198. The summed E-state index contributed by atoms with van der Waals surface area (Å²) in [7, 11) is 0. The molecule has 0 bridgehead atoms. The Morgan fingerprint density at radius 3 is 1.67 bits per heavy atom. The lowest BCUT2D eigenvalue weighted by Crippen LogP contribution is -2.40. The second kappa shape index (κ2) is 7.19. The van der Waals surface area contributed by atoms with Gasteiger partial charge in [0.25, 0.3) is 0 Å². The van der Waals surface area contributed by atoms with Gasteiger partial charge in [-0.3, -0.25) is 9.59 Å². The van der Waals surface area contributed by atoms with Crippen LogP contribution in [0.5, 0.6) is 0 Å². The topological polar surface area (TPSA) is 82.3 Å². The predicted octanol–water partition coefficient (Wildman–Crippen LogP) is -2.20. The van der Waals surface area contributed by atoms with Crippen LogP contribution in [0.2, 0.25) is 0 Å². The van der Waals surface area contributed by atoms with Gasteiger partial charge in [0, 0.05) is 13.1 Å². The monoisotopic (exact) mass is 214 g/mol. The van der Waals surface area contributed by atoms with Gasteiger partial charge in [-0.05, 0) is 19.5 Å². The van der Waals surface area contributed by atoms with Crippen molar-refractivity contribution in [2.24, 2.45) is 0 Å². The first-order valence-electron chi connectivity index (χ1n) is 5.24. The number of hydrogen-bond acceptors (Lipinski definition) is 4. The van der Waals surface area contributed by atoms with Crippen LogP contribution >= 0.6 is 0 Å². The number of hydrogen-bond donors (Lipinski definition) is 4. The Kier molecular flexibility index (Phi) is 5.72. The fourth-order valence-electron chi connectivity index (χ4n) is 1.27. The van der Waals surface area contributed by atoms with E-state index in [0.717, 1.165) is 19.5 Å². The average molecular weight is 214 g/mol. The summed E-state index contributed by atoms with van der Waals surface area (Å²) in [5.74, 6) is -0.0621. The quantitative estimate of drug-likeness (QED) is 0.369. The molecule has 0 unspecified atom stereocenters. The first-order valence-corrected chi connectivity index (χ1v) is 5.24. The molecule has 1 aliphatic rings. The molecule has 1 saturated heterocycles. The lowest BCUT2D eigenvalue weighted by molar-refractivity contribution is -0.121. The summed E-state index contributed by atoms with van der Waals surface area (Å²) in [5, 5.41) is 11.5. The Labute approximate surface area is 89.2 Å². The molecule has 0 aromatic heterocycles. The van der Waals surface area contributed by atoms with Crippen molar-refractivity contribution in [1.29, 1.82) is 0 Å². The maximum atomic E-state index is 11.2. The molecule has 1 aliphatic heterocycles. The Morgan fingerprint density at radius 2 is 1.20 bits per heavy atom. The molecular weight excluding hydrogens is 196 g/mol. The molecular formula is C9H18N4O2. The number of carbonyl (C=O) groups excluding carboxylic acids is 2. The smallest absolute Gasteiger partial charge is 0.234 e. The van der Waals surface area contributed by atoms with Gasteiger partial charge in [0.1, 0.15) is 0 Å². The number of amides is 2. The molecule has 0 saturated carbocycles. The van der Waals surface area contributed by atoms with E-state index in [0.29, 0.717) is 26.2 Å². The zero-order valence-electron chi connectivity index (χ0n) is 8.77. The van der Waals surface area contributed by atoms with Gasteiger partial charge in [-0.25, -0.2) is 0 Å². The van der Waals surface area contributed by atoms with E-state index in [9.17, 15) is 9.59 Å². The van der Waals surface area contributed by atoms with E-state index in [4.69, 9.17) is 0 Å². The highest BCUT2D eigenvalue weighted by Crippen LogP contribution is 1.75. The van der Waals surface area contributed by atoms with Crippen LogP contribution in [-0.4, -0.2) is 51.1 Å². The van der Waals surface area contributed by atoms with Crippen molar-refractivity contribution in [3.8, 4) is 0 Å². The zero-order valence-corrected chi connectivity index (χ0v) is 8.77. The van der Waals surface area contributed by atoms with E-state index in [1.54, 1.807) is 0 Å². The predicted molar refractivity (Wildman–Crippen MR) is 56.4 cm³/mol. The highest BCUT2D eigenvalue weighted by molar-refractivity contribution is 5.79. The summed E-state index contributed by atoms with van der Waals surface area (Å²) >= 11 is 0. The summed E-state index contributed by atoms with van der Waals surface area (Å²) < 4.78 is 0. The lowest BCUT2D eigenvalue weighted by atomic mass is 10.4. The molecule has 0 aliphatic carbocycles. The van der Waals surface area contributed by atoms with Gasteiger partial charge in [0.15, 0.2) is 0 Å². The van der Waals surface area contributed by atoms with E-state index in [-0.39, 0.29) is 11.8 Å². The van der Waals surface area contributed by atoms with E-state index >= 15 is 0 Å². The van der Waals surface area contributed by atoms with Gasteiger partial charge in [0.2, 0.25) is 11.8 Å². The van der Waals surface area contributed by atoms with Crippen molar-refractivity contribution >= 4 is 11.8 Å². The largest absolute Gasteiger partial charge is 0.353 e. The summed E-state index contributed by atoms with van der Waals surface area (Å²) in [6, 6.07) is 0. The fourth-order valence-corrected chi connectivity index (χ4v) is 1.27. The first kappa shape index (κ1) is 11.9. The summed E-state index contributed by atoms with van der Waals surface area (Å²) in [4.78, 5) is 22.3. The minimum absolute atomic E-state index is 0.0311. The normalized spacial score (nSPS) is 21.6. The van der Waals surface area contributed by atoms with Crippen molar-refractivity contribution in [2.45, 2.75) is 6.42 Å². The number of rotatable bonds is 0. The van der Waals surface area contributed by atoms with Crippen molar-refractivity contribution in [3.63, 3.8) is 0 Å². The molecule has 0 atom stereocenters. The Morgan fingerprint density at radius 1 is 0.733 bits per heavy atom. The number of nitrogens with one attached hydrogen (secondary N) is 4. The minimum atomic E-state index is -0.0311. The summed E-state index contributed by atoms with van der Waals surface area (Å²) in [6.45, 7) is 3.20. The van der Waals surface area contributed by atoms with Gasteiger partial charge in [-0.1, -0.05) is 0 Å². The molecule has 6 heteroatoms. The molecule has 6 nitrogen and oxygen atoms in total. The molecule has 1 heterocycles. The van der Waals surface area contributed by atoms with Crippen LogP contribution in [0.3, 0.4) is 0 Å². The molecule has 0 spiro atoms. The minimum Gasteiger partial charge on any atom is -0.353 e. The highest BCUT2D eigenvalue weighted by atomic mass is 16.2. The van der Waals surface area contributed by atoms with Gasteiger partial charge in [0.05, 0.1) is 13.1 Å². The molecule has 0 aromatic rings. The van der Waals surface area contributed by atoms with Crippen LogP contribution in [0.1, 0.15) is 6.42 Å². The molecule has 15 heavy (non-hydrogen) atoms. The average Bonchev–Trinajstić information content (AvgIpc) is 2.23. The van der Waals surface area contributed by atoms with Gasteiger partial charge >= 0.3 is 0 Å². The molecule has 1 rings (SSSR count). The second-order valence-electron chi connectivity index (χ2n) is 3.41. The van der Waals surface area contributed by atoms with Crippen molar-refractivity contribution in [1.82, 2.24) is 21.3 Å². The van der Waals surface area contributed by atoms with Crippen LogP contribution < -0.4 is 21.3 Å². The van der Waals surface area contributed by atoms with E-state index in [1.807, 2.05) is 0 Å². The second-order valence-corrected chi connectivity index (χ2v) is 3.41. The van der Waals surface area contributed by atoms with E-state index < -0.39 is 0 Å². The summed E-state index contributed by atoms with van der Waals surface area (Å²) in [6.07, 6.45) is 0.903. The van der Waals surface area contributed by atoms with Gasteiger partial charge in [-0.2, -0.15) is 0 Å². The van der Waals surface area contributed by atoms with Crippen LogP contribution in [0.25, 0.3) is 0 Å². The number of carbonyl (C=O) groups is 2. The highest BCUT2D eigenvalue weighted by Gasteiger charge is 2.03. The van der Waals surface area contributed by atoms with Crippen LogP contribution in [0, 0.1) is 0 Å². The third-order valence-electron chi connectivity index (χ3n) is 2.05. The summed E-state index contributed by atoms with van der Waals surface area (Å²) in [5.41, 5.74) is 0. The third-order valence-corrected chi connectivity index (χ3v) is 2.05. The third kappa shape index (κ3) is 6.03. The van der Waals surface area contributed by atoms with E-state index in [2.05, 4.69) is 21.3 Å². The van der Waals surface area contributed by atoms with Crippen molar-refractivity contribution in [3.05, 3.63) is 0 Å². The standard InChI is InChI=1S/C9H18N4O2/c14-8-6-10-2-1-3-11-7-9(15)13-5-4-12-8/h10-11H,1-7H2,(H,12,14)(H,13,15). The molecule has 0 aromatic carbocycles. The maximum Gasteiger partial charge on any atom is 0.234 e. The molecule has 4 N–H and O–H groups in total. The SMILES string of the molecule is O=C1CNCCCNCC(=O)NCCN1. The van der Waals surface area contributed by atoms with Crippen LogP contribution in [0.4, 0.5) is 0 Å². The molecule has 86 valence electrons. The maximum absolute atomic E-state index is 11.2. The van der Waals surface area contributed by atoms with Crippen LogP contribution in [-0.2, 0) is 9.59 Å². The van der Waals surface area contributed by atoms with E-state index in [1.165, 1.54) is 0 Å². The zero-order chi connectivity index (χ0) is 10.9.